The number of anilines is 2. The van der Waals surface area contributed by atoms with E-state index < -0.39 is 17.1 Å². The average molecular weight is 819 g/mol. The van der Waals surface area contributed by atoms with Crippen LogP contribution in [0.4, 0.5) is 10.8 Å². The van der Waals surface area contributed by atoms with Crippen molar-refractivity contribution in [1.29, 1.82) is 0 Å². The molecule has 0 saturated heterocycles. The number of halogens is 3. The Morgan fingerprint density at radius 3 is 2.37 bits per heavy atom. The topological polar surface area (TPSA) is 113 Å². The minimum atomic E-state index is -0.545. The maximum atomic E-state index is 13.5. The first-order valence-corrected chi connectivity index (χ1v) is 18.7. The van der Waals surface area contributed by atoms with Crippen molar-refractivity contribution in [1.82, 2.24) is 10.3 Å². The van der Waals surface area contributed by atoms with Crippen molar-refractivity contribution in [2.24, 2.45) is 0 Å². The smallest absolute Gasteiger partial charge is 0.272 e. The van der Waals surface area contributed by atoms with E-state index in [4.69, 9.17) is 27.6 Å². The molecule has 0 saturated carbocycles. The predicted octanol–water partition coefficient (Wildman–Crippen LogP) is 10.7. The van der Waals surface area contributed by atoms with Crippen LogP contribution in [0.2, 0.25) is 10.0 Å². The van der Waals surface area contributed by atoms with Gasteiger partial charge in [0.1, 0.15) is 17.2 Å². The summed E-state index contributed by atoms with van der Waals surface area (Å²) >= 11 is 18.4. The lowest BCUT2D eigenvalue weighted by Crippen LogP contribution is -2.30. The fourth-order valence-corrected chi connectivity index (χ4v) is 7.07. The van der Waals surface area contributed by atoms with Crippen molar-refractivity contribution in [3.63, 3.8) is 0 Å². The zero-order valence-corrected chi connectivity index (χ0v) is 31.4. The number of aromatic nitrogens is 1. The Hall–Kier alpha value is -4.65. The van der Waals surface area contributed by atoms with Gasteiger partial charge in [0.05, 0.1) is 16.0 Å². The fourth-order valence-electron chi connectivity index (χ4n) is 4.72. The van der Waals surface area contributed by atoms with Gasteiger partial charge in [0.2, 0.25) is 5.91 Å². The number of furan rings is 1. The molecule has 6 rings (SSSR count). The molecular formula is C38H27BrCl2N4O4S2. The standard InChI is InChI=1S/C38H27BrCl2N4O4S2/c1-22(35(46)45-38-44-33(21-50-38)30-17-11-26(40)19-31(30)41)51-29-15-12-27(13-16-29)42-37(48)32(43-36(47)24-5-3-2-4-6-24)20-28-14-18-34(49-28)23-7-9-25(39)10-8-23/h2-22H,1H3,(H,42,48)(H,43,47)(H,44,45,46)/b32-20-/t22-/m1/s1. The molecule has 6 aromatic rings. The highest BCUT2D eigenvalue weighted by molar-refractivity contribution is 9.10. The SMILES string of the molecule is C[C@@H](Sc1ccc(NC(=O)/C(=C/c2ccc(-c3ccc(Br)cc3)o2)NC(=O)c2ccccc2)cc1)C(=O)Nc1nc(-c2ccc(Cl)cc2Cl)cs1. The van der Waals surface area contributed by atoms with Crippen LogP contribution in [-0.2, 0) is 9.59 Å². The summed E-state index contributed by atoms with van der Waals surface area (Å²) in [7, 11) is 0. The van der Waals surface area contributed by atoms with Crippen molar-refractivity contribution in [2.45, 2.75) is 17.1 Å². The van der Waals surface area contributed by atoms with Gasteiger partial charge in [-0.1, -0.05) is 69.5 Å². The van der Waals surface area contributed by atoms with Crippen LogP contribution in [0, 0.1) is 0 Å². The van der Waals surface area contributed by atoms with Crippen LogP contribution in [0.3, 0.4) is 0 Å². The lowest BCUT2D eigenvalue weighted by atomic mass is 10.2. The number of carbonyl (C=O) groups excluding carboxylic acids is 3. The molecule has 4 aromatic carbocycles. The summed E-state index contributed by atoms with van der Waals surface area (Å²) in [4.78, 5) is 44.9. The molecule has 0 aliphatic heterocycles. The number of amides is 3. The average Bonchev–Trinajstić information content (AvgIpc) is 3.79. The molecule has 2 heterocycles. The Balaban J connectivity index is 1.11. The van der Waals surface area contributed by atoms with E-state index in [0.29, 0.717) is 43.6 Å². The van der Waals surface area contributed by atoms with E-state index >= 15 is 0 Å². The van der Waals surface area contributed by atoms with E-state index in [1.165, 1.54) is 29.2 Å². The highest BCUT2D eigenvalue weighted by Gasteiger charge is 2.19. The van der Waals surface area contributed by atoms with Crippen molar-refractivity contribution in [3.8, 4) is 22.6 Å². The normalized spacial score (nSPS) is 11.9. The van der Waals surface area contributed by atoms with E-state index in [1.807, 2.05) is 29.6 Å². The molecule has 0 bridgehead atoms. The molecule has 256 valence electrons. The minimum Gasteiger partial charge on any atom is -0.457 e. The molecule has 8 nitrogen and oxygen atoms in total. The Morgan fingerprint density at radius 1 is 0.902 bits per heavy atom. The van der Waals surface area contributed by atoms with Gasteiger partial charge in [0.15, 0.2) is 5.13 Å². The predicted molar refractivity (Wildman–Crippen MR) is 210 cm³/mol. The summed E-state index contributed by atoms with van der Waals surface area (Å²) in [5, 5.41) is 11.3. The Labute approximate surface area is 320 Å². The molecule has 3 N–H and O–H groups in total. The molecule has 0 radical (unpaired) electrons. The highest BCUT2D eigenvalue weighted by atomic mass is 79.9. The van der Waals surface area contributed by atoms with Crippen molar-refractivity contribution in [3.05, 3.63) is 146 Å². The number of hydrogen-bond acceptors (Lipinski definition) is 7. The first-order valence-electron chi connectivity index (χ1n) is 15.3. The lowest BCUT2D eigenvalue weighted by Gasteiger charge is -2.13. The van der Waals surface area contributed by atoms with Gasteiger partial charge >= 0.3 is 0 Å². The molecular weight excluding hydrogens is 791 g/mol. The van der Waals surface area contributed by atoms with Crippen molar-refractivity contribution >= 4 is 96.8 Å². The van der Waals surface area contributed by atoms with Crippen LogP contribution in [0.5, 0.6) is 0 Å². The third kappa shape index (κ3) is 9.57. The van der Waals surface area contributed by atoms with Crippen LogP contribution in [-0.4, -0.2) is 28.0 Å². The van der Waals surface area contributed by atoms with E-state index in [0.717, 1.165) is 20.5 Å². The van der Waals surface area contributed by atoms with Crippen LogP contribution in [0.25, 0.3) is 28.7 Å². The summed E-state index contributed by atoms with van der Waals surface area (Å²) in [6, 6.07) is 32.0. The van der Waals surface area contributed by atoms with Gasteiger partial charge in [-0.15, -0.1) is 23.1 Å². The molecule has 13 heteroatoms. The summed E-state index contributed by atoms with van der Waals surface area (Å²) in [5.74, 6) is -0.216. The molecule has 0 unspecified atom stereocenters. The number of benzene rings is 4. The van der Waals surface area contributed by atoms with Gasteiger partial charge in [0.25, 0.3) is 11.8 Å². The minimum absolute atomic E-state index is 0.00650. The van der Waals surface area contributed by atoms with E-state index in [2.05, 4.69) is 36.9 Å². The zero-order valence-electron chi connectivity index (χ0n) is 26.7. The van der Waals surface area contributed by atoms with Gasteiger partial charge in [-0.3, -0.25) is 14.4 Å². The van der Waals surface area contributed by atoms with Gasteiger partial charge in [-0.2, -0.15) is 0 Å². The summed E-state index contributed by atoms with van der Waals surface area (Å²) in [6.07, 6.45) is 1.48. The number of nitrogens with zero attached hydrogens (tertiary/aromatic N) is 1. The van der Waals surface area contributed by atoms with Crippen LogP contribution in [0.15, 0.2) is 134 Å². The monoisotopic (exact) mass is 816 g/mol. The Bertz CT molecular complexity index is 2220. The van der Waals surface area contributed by atoms with Crippen LogP contribution < -0.4 is 16.0 Å². The lowest BCUT2D eigenvalue weighted by molar-refractivity contribution is -0.115. The Kier molecular flexibility index (Phi) is 11.8. The van der Waals surface area contributed by atoms with Crippen LogP contribution in [0.1, 0.15) is 23.0 Å². The molecule has 0 aliphatic carbocycles. The maximum Gasteiger partial charge on any atom is 0.272 e. The molecule has 1 atom stereocenters. The van der Waals surface area contributed by atoms with E-state index in [1.54, 1.807) is 91.9 Å². The first-order chi connectivity index (χ1) is 24.6. The summed E-state index contributed by atoms with van der Waals surface area (Å²) in [5.41, 5.74) is 3.11. The van der Waals surface area contributed by atoms with Gasteiger partial charge in [-0.05, 0) is 85.8 Å². The molecule has 0 spiro atoms. The number of thioether (sulfide) groups is 1. The Morgan fingerprint density at radius 2 is 1.65 bits per heavy atom. The summed E-state index contributed by atoms with van der Waals surface area (Å²) in [6.45, 7) is 1.80. The molecule has 0 fully saturated rings. The second-order valence-corrected chi connectivity index (χ2v) is 15.0. The molecule has 0 aliphatic rings. The third-order valence-corrected chi connectivity index (χ3v) is 10.3. The third-order valence-electron chi connectivity index (χ3n) is 7.31. The van der Waals surface area contributed by atoms with Crippen molar-refractivity contribution < 1.29 is 18.8 Å². The highest BCUT2D eigenvalue weighted by Crippen LogP contribution is 2.33. The van der Waals surface area contributed by atoms with Crippen molar-refractivity contribution in [2.75, 3.05) is 10.6 Å². The first kappa shape index (κ1) is 36.2. The summed E-state index contributed by atoms with van der Waals surface area (Å²) < 4.78 is 6.94. The van der Waals surface area contributed by atoms with Crippen LogP contribution >= 0.6 is 62.2 Å². The molecule has 51 heavy (non-hydrogen) atoms. The second kappa shape index (κ2) is 16.6. The second-order valence-electron chi connectivity index (χ2n) is 11.0. The van der Waals surface area contributed by atoms with E-state index in [9.17, 15) is 14.4 Å². The van der Waals surface area contributed by atoms with Gasteiger partial charge in [-0.25, -0.2) is 4.98 Å². The molecule has 3 amide bonds. The largest absolute Gasteiger partial charge is 0.457 e. The fraction of sp³-hybridized carbons (Fsp3) is 0.0526. The molecule has 2 aromatic heterocycles. The number of hydrogen-bond donors (Lipinski definition) is 3. The quantitative estimate of drug-likeness (QED) is 0.0886. The van der Waals surface area contributed by atoms with Gasteiger partial charge < -0.3 is 20.4 Å². The van der Waals surface area contributed by atoms with Gasteiger partial charge in [0, 0.05) is 48.2 Å². The number of carbonyl (C=O) groups is 3. The number of thiazole rings is 1. The maximum absolute atomic E-state index is 13.5. The number of rotatable bonds is 11. The van der Waals surface area contributed by atoms with E-state index in [-0.39, 0.29) is 11.6 Å². The zero-order chi connectivity index (χ0) is 35.9. The number of nitrogens with one attached hydrogen (secondary N) is 3.